The van der Waals surface area contributed by atoms with Gasteiger partial charge < -0.3 is 20.7 Å². The van der Waals surface area contributed by atoms with E-state index in [0.717, 1.165) is 58.9 Å². The standard InChI is InChI=1S/C14H31N5O.HI/c1-13(2)18(3)8-6-17-14(15)16-5-4-7-19-9-11-20-12-10-19;/h13H,4-12H2,1-3H3,(H3,15,16,17);1H. The SMILES string of the molecule is CC(C)N(C)CCNC(N)=NCCCN1CCOCC1.I. The fourth-order valence-corrected chi connectivity index (χ4v) is 1.99. The average Bonchev–Trinajstić information content (AvgIpc) is 2.44. The van der Waals surface area contributed by atoms with Crippen LogP contribution in [0.2, 0.25) is 0 Å². The van der Waals surface area contributed by atoms with Crippen molar-refractivity contribution in [3.63, 3.8) is 0 Å². The first kappa shape index (κ1) is 20.9. The Labute approximate surface area is 146 Å². The molecule has 1 heterocycles. The molecule has 1 aliphatic heterocycles. The van der Waals surface area contributed by atoms with Crippen molar-refractivity contribution in [3.8, 4) is 0 Å². The van der Waals surface area contributed by atoms with Gasteiger partial charge >= 0.3 is 0 Å². The number of rotatable bonds is 8. The quantitative estimate of drug-likeness (QED) is 0.264. The molecule has 0 saturated carbocycles. The minimum Gasteiger partial charge on any atom is -0.379 e. The topological polar surface area (TPSA) is 66.1 Å². The third-order valence-corrected chi connectivity index (χ3v) is 3.67. The van der Waals surface area contributed by atoms with Gasteiger partial charge in [-0.15, -0.1) is 24.0 Å². The summed E-state index contributed by atoms with van der Waals surface area (Å²) >= 11 is 0. The Morgan fingerprint density at radius 3 is 2.67 bits per heavy atom. The largest absolute Gasteiger partial charge is 0.379 e. The molecule has 126 valence electrons. The fourth-order valence-electron chi connectivity index (χ4n) is 1.99. The molecule has 21 heavy (non-hydrogen) atoms. The van der Waals surface area contributed by atoms with Crippen LogP contribution < -0.4 is 11.1 Å². The number of hydrogen-bond donors (Lipinski definition) is 2. The van der Waals surface area contributed by atoms with Crippen LogP contribution in [-0.2, 0) is 4.74 Å². The zero-order chi connectivity index (χ0) is 14.8. The van der Waals surface area contributed by atoms with E-state index in [9.17, 15) is 0 Å². The first-order valence-electron chi connectivity index (χ1n) is 7.63. The zero-order valence-corrected chi connectivity index (χ0v) is 16.0. The number of ether oxygens (including phenoxy) is 1. The van der Waals surface area contributed by atoms with E-state index in [1.807, 2.05) is 0 Å². The molecule has 3 N–H and O–H groups in total. The van der Waals surface area contributed by atoms with Crippen LogP contribution in [0.5, 0.6) is 0 Å². The highest BCUT2D eigenvalue weighted by molar-refractivity contribution is 14.0. The number of morpholine rings is 1. The van der Waals surface area contributed by atoms with Gasteiger partial charge in [-0.3, -0.25) is 9.89 Å². The lowest BCUT2D eigenvalue weighted by molar-refractivity contribution is 0.0377. The van der Waals surface area contributed by atoms with Crippen LogP contribution in [0.4, 0.5) is 0 Å². The van der Waals surface area contributed by atoms with Crippen LogP contribution in [0.25, 0.3) is 0 Å². The Morgan fingerprint density at radius 1 is 1.38 bits per heavy atom. The van der Waals surface area contributed by atoms with Crippen LogP contribution in [0.1, 0.15) is 20.3 Å². The van der Waals surface area contributed by atoms with Crippen LogP contribution in [-0.4, -0.2) is 81.3 Å². The fraction of sp³-hybridized carbons (Fsp3) is 0.929. The van der Waals surface area contributed by atoms with E-state index in [1.54, 1.807) is 0 Å². The molecule has 0 unspecified atom stereocenters. The molecule has 0 atom stereocenters. The first-order chi connectivity index (χ1) is 9.59. The summed E-state index contributed by atoms with van der Waals surface area (Å²) in [6.07, 6.45) is 1.05. The summed E-state index contributed by atoms with van der Waals surface area (Å²) < 4.78 is 5.32. The molecular weight excluding hydrogens is 381 g/mol. The summed E-state index contributed by atoms with van der Waals surface area (Å²) in [5.41, 5.74) is 5.84. The predicted molar refractivity (Wildman–Crippen MR) is 99.5 cm³/mol. The Morgan fingerprint density at radius 2 is 2.05 bits per heavy atom. The molecule has 0 spiro atoms. The first-order valence-corrected chi connectivity index (χ1v) is 7.63. The maximum Gasteiger partial charge on any atom is 0.188 e. The van der Waals surface area contributed by atoms with E-state index in [0.29, 0.717) is 12.0 Å². The molecule has 0 aliphatic carbocycles. The Hall–Kier alpha value is -0.120. The molecule has 1 rings (SSSR count). The second kappa shape index (κ2) is 12.4. The Kier molecular flexibility index (Phi) is 12.4. The predicted octanol–water partition coefficient (Wildman–Crippen LogP) is 0.571. The lowest BCUT2D eigenvalue weighted by atomic mass is 10.3. The minimum atomic E-state index is 0. The maximum atomic E-state index is 5.84. The molecule has 1 fully saturated rings. The summed E-state index contributed by atoms with van der Waals surface area (Å²) in [6.45, 7) is 11.8. The summed E-state index contributed by atoms with van der Waals surface area (Å²) in [6, 6.07) is 0.559. The zero-order valence-electron chi connectivity index (χ0n) is 13.7. The number of hydrogen-bond acceptors (Lipinski definition) is 4. The highest BCUT2D eigenvalue weighted by Crippen LogP contribution is 1.97. The van der Waals surface area contributed by atoms with Crippen molar-refractivity contribution < 1.29 is 4.74 Å². The van der Waals surface area contributed by atoms with Gasteiger partial charge in [-0.1, -0.05) is 0 Å². The molecule has 0 aromatic rings. The molecular formula is C14H32IN5O. The van der Waals surface area contributed by atoms with Crippen molar-refractivity contribution in [1.29, 1.82) is 0 Å². The third-order valence-electron chi connectivity index (χ3n) is 3.67. The Bertz CT molecular complexity index is 283. The average molecular weight is 413 g/mol. The molecule has 0 radical (unpaired) electrons. The normalized spacial score (nSPS) is 17.1. The second-order valence-electron chi connectivity index (χ2n) is 5.58. The summed E-state index contributed by atoms with van der Waals surface area (Å²) in [7, 11) is 2.11. The van der Waals surface area contributed by atoms with Gasteiger partial charge in [-0.05, 0) is 27.3 Å². The van der Waals surface area contributed by atoms with Gasteiger partial charge in [0.1, 0.15) is 0 Å². The number of aliphatic imine (C=N–C) groups is 1. The number of guanidine groups is 1. The van der Waals surface area contributed by atoms with Gasteiger partial charge in [-0.25, -0.2) is 0 Å². The smallest absolute Gasteiger partial charge is 0.188 e. The molecule has 0 bridgehead atoms. The van der Waals surface area contributed by atoms with Crippen LogP contribution in [0.15, 0.2) is 4.99 Å². The highest BCUT2D eigenvalue weighted by atomic mass is 127. The molecule has 0 aromatic carbocycles. The van der Waals surface area contributed by atoms with Crippen LogP contribution in [0.3, 0.4) is 0 Å². The number of nitrogens with zero attached hydrogens (tertiary/aromatic N) is 3. The lowest BCUT2D eigenvalue weighted by Crippen LogP contribution is -2.39. The van der Waals surface area contributed by atoms with Crippen molar-refractivity contribution in [1.82, 2.24) is 15.1 Å². The summed E-state index contributed by atoms with van der Waals surface area (Å²) in [5.74, 6) is 0.559. The van der Waals surface area contributed by atoms with Crippen molar-refractivity contribution in [3.05, 3.63) is 0 Å². The van der Waals surface area contributed by atoms with E-state index in [1.165, 1.54) is 0 Å². The molecule has 0 amide bonds. The highest BCUT2D eigenvalue weighted by Gasteiger charge is 2.08. The molecule has 7 heteroatoms. The van der Waals surface area contributed by atoms with Crippen molar-refractivity contribution in [2.75, 3.05) is 59.5 Å². The van der Waals surface area contributed by atoms with Crippen molar-refractivity contribution in [2.24, 2.45) is 10.7 Å². The number of nitrogens with two attached hydrogens (primary N) is 1. The van der Waals surface area contributed by atoms with E-state index in [-0.39, 0.29) is 24.0 Å². The number of likely N-dealkylation sites (N-methyl/N-ethyl adjacent to an activating group) is 1. The van der Waals surface area contributed by atoms with E-state index < -0.39 is 0 Å². The molecule has 1 aliphatic rings. The van der Waals surface area contributed by atoms with Crippen molar-refractivity contribution >= 4 is 29.9 Å². The number of halogens is 1. The van der Waals surface area contributed by atoms with Gasteiger partial charge in [-0.2, -0.15) is 0 Å². The minimum absolute atomic E-state index is 0. The molecule has 0 aromatic heterocycles. The Balaban J connectivity index is 0.00000400. The maximum absolute atomic E-state index is 5.84. The van der Waals surface area contributed by atoms with Gasteiger partial charge in [0.25, 0.3) is 0 Å². The van der Waals surface area contributed by atoms with Crippen LogP contribution >= 0.6 is 24.0 Å². The summed E-state index contributed by atoms with van der Waals surface area (Å²) in [4.78, 5) is 9.05. The van der Waals surface area contributed by atoms with Gasteiger partial charge in [0.15, 0.2) is 5.96 Å². The third kappa shape index (κ3) is 10.3. The van der Waals surface area contributed by atoms with Gasteiger partial charge in [0.2, 0.25) is 0 Å². The molecule has 1 saturated heterocycles. The number of nitrogens with one attached hydrogen (secondary N) is 1. The molecule has 6 nitrogen and oxygen atoms in total. The van der Waals surface area contributed by atoms with E-state index in [4.69, 9.17) is 10.5 Å². The van der Waals surface area contributed by atoms with Gasteiger partial charge in [0.05, 0.1) is 13.2 Å². The monoisotopic (exact) mass is 413 g/mol. The summed E-state index contributed by atoms with van der Waals surface area (Å²) in [5, 5.41) is 3.16. The van der Waals surface area contributed by atoms with E-state index in [2.05, 4.69) is 41.0 Å². The van der Waals surface area contributed by atoms with Crippen LogP contribution in [0, 0.1) is 0 Å². The second-order valence-corrected chi connectivity index (χ2v) is 5.58. The van der Waals surface area contributed by atoms with E-state index >= 15 is 0 Å². The lowest BCUT2D eigenvalue weighted by Gasteiger charge is -2.26. The van der Waals surface area contributed by atoms with Crippen molar-refractivity contribution in [2.45, 2.75) is 26.3 Å². The van der Waals surface area contributed by atoms with Gasteiger partial charge in [0, 0.05) is 45.3 Å².